The Morgan fingerprint density at radius 1 is 1.18 bits per heavy atom. The number of hydrogen-bond acceptors (Lipinski definition) is 3. The Balaban J connectivity index is 2.12. The molecule has 0 unspecified atom stereocenters. The number of esters is 1. The van der Waals surface area contributed by atoms with Crippen LogP contribution in [0.5, 0.6) is 5.75 Å². The lowest BCUT2D eigenvalue weighted by Gasteiger charge is -2.11. The van der Waals surface area contributed by atoms with Crippen LogP contribution >= 0.6 is 11.6 Å². The van der Waals surface area contributed by atoms with Crippen molar-refractivity contribution in [3.8, 4) is 5.75 Å². The van der Waals surface area contributed by atoms with Crippen LogP contribution in [0.3, 0.4) is 0 Å². The van der Waals surface area contributed by atoms with E-state index >= 15 is 0 Å². The largest absolute Gasteiger partial charge is 0.477 e. The summed E-state index contributed by atoms with van der Waals surface area (Å²) in [5.41, 5.74) is -0.194. The minimum Gasteiger partial charge on any atom is -0.477 e. The number of rotatable bonds is 4. The van der Waals surface area contributed by atoms with E-state index in [0.29, 0.717) is 10.9 Å². The minimum atomic E-state index is -4.63. The monoisotopic (exact) mass is 411 g/mol. The van der Waals surface area contributed by atoms with E-state index in [1.165, 1.54) is 31.2 Å². The SMILES string of the molecule is CC(=O)Oc1ccc2[nH]c(C(=O)O)c(Cc3ccc(Cl)c(C(F)(F)F)c3)c2c1. The molecular weight excluding hydrogens is 399 g/mol. The fraction of sp³-hybridized carbons (Fsp3) is 0.158. The van der Waals surface area contributed by atoms with Gasteiger partial charge in [0.1, 0.15) is 11.4 Å². The second-order valence-electron chi connectivity index (χ2n) is 6.07. The second-order valence-corrected chi connectivity index (χ2v) is 6.48. The molecule has 0 aliphatic heterocycles. The molecule has 0 spiro atoms. The van der Waals surface area contributed by atoms with E-state index in [9.17, 15) is 27.9 Å². The van der Waals surface area contributed by atoms with E-state index in [2.05, 4.69) is 4.98 Å². The highest BCUT2D eigenvalue weighted by molar-refractivity contribution is 6.31. The lowest BCUT2D eigenvalue weighted by Crippen LogP contribution is -2.07. The molecule has 1 heterocycles. The lowest BCUT2D eigenvalue weighted by atomic mass is 9.99. The van der Waals surface area contributed by atoms with E-state index in [1.54, 1.807) is 0 Å². The first-order chi connectivity index (χ1) is 13.1. The summed E-state index contributed by atoms with van der Waals surface area (Å²) in [6.07, 6.45) is -4.73. The van der Waals surface area contributed by atoms with Crippen LogP contribution in [0.15, 0.2) is 36.4 Å². The highest BCUT2D eigenvalue weighted by Gasteiger charge is 2.33. The summed E-state index contributed by atoms with van der Waals surface area (Å²) in [5.74, 6) is -1.61. The topological polar surface area (TPSA) is 79.4 Å². The van der Waals surface area contributed by atoms with Gasteiger partial charge in [-0.2, -0.15) is 13.2 Å². The van der Waals surface area contributed by atoms with Crippen LogP contribution < -0.4 is 4.74 Å². The van der Waals surface area contributed by atoms with Crippen molar-refractivity contribution in [3.05, 3.63) is 63.8 Å². The third-order valence-electron chi connectivity index (χ3n) is 4.07. The maximum atomic E-state index is 13.1. The summed E-state index contributed by atoms with van der Waals surface area (Å²) in [5, 5.41) is 9.46. The van der Waals surface area contributed by atoms with E-state index in [4.69, 9.17) is 16.3 Å². The standard InChI is InChI=1S/C19H13ClF3NO4/c1-9(25)28-11-3-5-16-12(8-11)13(17(24-16)18(26)27)6-10-2-4-15(20)14(7-10)19(21,22)23/h2-5,7-8,24H,6H2,1H3,(H,26,27). The zero-order chi connectivity index (χ0) is 20.6. The number of ether oxygens (including phenoxy) is 1. The lowest BCUT2D eigenvalue weighted by molar-refractivity contribution is -0.137. The number of aromatic nitrogens is 1. The number of nitrogens with one attached hydrogen (secondary N) is 1. The number of carboxylic acids is 1. The minimum absolute atomic E-state index is 0.0919. The highest BCUT2D eigenvalue weighted by Crippen LogP contribution is 2.36. The van der Waals surface area contributed by atoms with Gasteiger partial charge >= 0.3 is 18.1 Å². The van der Waals surface area contributed by atoms with Crippen molar-refractivity contribution >= 4 is 34.4 Å². The van der Waals surface area contributed by atoms with Crippen LogP contribution in [0.2, 0.25) is 5.02 Å². The molecule has 0 bridgehead atoms. The number of halogens is 4. The Morgan fingerprint density at radius 3 is 2.50 bits per heavy atom. The van der Waals surface area contributed by atoms with Gasteiger partial charge in [0, 0.05) is 24.2 Å². The van der Waals surface area contributed by atoms with Crippen LogP contribution in [0, 0.1) is 0 Å². The van der Waals surface area contributed by atoms with Crippen molar-refractivity contribution in [2.45, 2.75) is 19.5 Å². The Labute approximate surface area is 161 Å². The normalized spacial score (nSPS) is 11.6. The number of carbonyl (C=O) groups is 2. The molecule has 0 radical (unpaired) electrons. The van der Waals surface area contributed by atoms with Crippen molar-refractivity contribution in [2.24, 2.45) is 0 Å². The summed E-state index contributed by atoms with van der Waals surface area (Å²) in [4.78, 5) is 25.5. The van der Waals surface area contributed by atoms with Gasteiger partial charge in [-0.3, -0.25) is 4.79 Å². The molecule has 0 saturated heterocycles. The Kier molecular flexibility index (Phi) is 5.08. The molecular formula is C19H13ClF3NO4. The van der Waals surface area contributed by atoms with Crippen molar-refractivity contribution < 1.29 is 32.6 Å². The zero-order valence-electron chi connectivity index (χ0n) is 14.4. The Morgan fingerprint density at radius 2 is 1.89 bits per heavy atom. The van der Waals surface area contributed by atoms with Crippen molar-refractivity contribution in [3.63, 3.8) is 0 Å². The predicted octanol–water partition coefficient (Wildman–Crippen LogP) is 5.05. The molecule has 28 heavy (non-hydrogen) atoms. The summed E-state index contributed by atoms with van der Waals surface area (Å²) in [6, 6.07) is 7.90. The molecule has 0 aliphatic rings. The fourth-order valence-corrected chi connectivity index (χ4v) is 3.15. The smallest absolute Gasteiger partial charge is 0.417 e. The maximum Gasteiger partial charge on any atom is 0.417 e. The molecule has 0 saturated carbocycles. The first kappa shape index (κ1) is 19.8. The molecule has 2 N–H and O–H groups in total. The van der Waals surface area contributed by atoms with Crippen molar-refractivity contribution in [1.82, 2.24) is 4.98 Å². The molecule has 5 nitrogen and oxygen atoms in total. The number of carboxylic acid groups (broad SMARTS) is 1. The summed E-state index contributed by atoms with van der Waals surface area (Å²) < 4.78 is 44.3. The number of aromatic carboxylic acids is 1. The molecule has 2 aromatic carbocycles. The Hall–Kier alpha value is -3.00. The predicted molar refractivity (Wildman–Crippen MR) is 95.8 cm³/mol. The van der Waals surface area contributed by atoms with Gasteiger partial charge in [0.15, 0.2) is 0 Å². The van der Waals surface area contributed by atoms with E-state index < -0.39 is 28.7 Å². The third kappa shape index (κ3) is 3.96. The number of H-pyrrole nitrogens is 1. The first-order valence-electron chi connectivity index (χ1n) is 7.98. The molecule has 0 aliphatic carbocycles. The van der Waals surface area contributed by atoms with Crippen molar-refractivity contribution in [1.29, 1.82) is 0 Å². The second kappa shape index (κ2) is 7.20. The quantitative estimate of drug-likeness (QED) is 0.465. The van der Waals surface area contributed by atoms with Crippen LogP contribution in [-0.2, 0) is 17.4 Å². The Bertz CT molecular complexity index is 1090. The summed E-state index contributed by atoms with van der Waals surface area (Å²) in [6.45, 7) is 1.22. The summed E-state index contributed by atoms with van der Waals surface area (Å²) >= 11 is 5.64. The number of aromatic amines is 1. The number of benzene rings is 2. The van der Waals surface area contributed by atoms with Gasteiger partial charge in [-0.1, -0.05) is 17.7 Å². The molecule has 0 amide bonds. The molecule has 0 atom stereocenters. The van der Waals surface area contributed by atoms with Gasteiger partial charge in [-0.05, 0) is 41.5 Å². The van der Waals surface area contributed by atoms with E-state index in [-0.39, 0.29) is 29.0 Å². The third-order valence-corrected chi connectivity index (χ3v) is 4.40. The number of alkyl halides is 3. The maximum absolute atomic E-state index is 13.1. The molecule has 3 rings (SSSR count). The molecule has 1 aromatic heterocycles. The van der Waals surface area contributed by atoms with Crippen LogP contribution in [0.4, 0.5) is 13.2 Å². The molecule has 3 aromatic rings. The van der Waals surface area contributed by atoms with Crippen LogP contribution in [0.25, 0.3) is 10.9 Å². The van der Waals surface area contributed by atoms with Gasteiger partial charge in [-0.15, -0.1) is 0 Å². The van der Waals surface area contributed by atoms with Crippen LogP contribution in [-0.4, -0.2) is 22.0 Å². The first-order valence-corrected chi connectivity index (χ1v) is 8.36. The van der Waals surface area contributed by atoms with Gasteiger partial charge in [0.2, 0.25) is 0 Å². The average Bonchev–Trinajstić information content (AvgIpc) is 2.93. The van der Waals surface area contributed by atoms with Gasteiger partial charge in [0.25, 0.3) is 0 Å². The molecule has 9 heteroatoms. The highest BCUT2D eigenvalue weighted by atomic mass is 35.5. The average molecular weight is 412 g/mol. The van der Waals surface area contributed by atoms with E-state index in [0.717, 1.165) is 12.1 Å². The van der Waals surface area contributed by atoms with Gasteiger partial charge in [0.05, 0.1) is 10.6 Å². The van der Waals surface area contributed by atoms with Gasteiger partial charge < -0.3 is 14.8 Å². The van der Waals surface area contributed by atoms with E-state index in [1.807, 2.05) is 0 Å². The van der Waals surface area contributed by atoms with Crippen molar-refractivity contribution in [2.75, 3.05) is 0 Å². The number of fused-ring (bicyclic) bond motifs is 1. The summed E-state index contributed by atoms with van der Waals surface area (Å²) in [7, 11) is 0. The number of carbonyl (C=O) groups excluding carboxylic acids is 1. The zero-order valence-corrected chi connectivity index (χ0v) is 15.1. The molecule has 0 fully saturated rings. The van der Waals surface area contributed by atoms with Crippen LogP contribution in [0.1, 0.15) is 34.1 Å². The van der Waals surface area contributed by atoms with Gasteiger partial charge in [-0.25, -0.2) is 4.79 Å². The molecule has 146 valence electrons. The fourth-order valence-electron chi connectivity index (χ4n) is 2.93. The number of hydrogen-bond donors (Lipinski definition) is 2.